The minimum absolute atomic E-state index is 0.0284. The number of oxazole rings is 1. The standard InChI is InChI=1S/C23H25N7O2/c1-3-10-30-15-19(26-27-30)17-5-7-18(8-6-17)22(31)28-11-13-29(14-12-28)23-25-21-20(32-23)9-4-16(2)24-21/h4-9,15H,3,10-14H2,1-2H3. The second-order valence-electron chi connectivity index (χ2n) is 7.99. The number of amides is 1. The first-order valence-electron chi connectivity index (χ1n) is 10.9. The number of carbonyl (C=O) groups is 1. The highest BCUT2D eigenvalue weighted by Crippen LogP contribution is 2.23. The zero-order chi connectivity index (χ0) is 22.1. The van der Waals surface area contributed by atoms with Crippen molar-refractivity contribution < 1.29 is 9.21 Å². The molecule has 1 saturated heterocycles. The lowest BCUT2D eigenvalue weighted by Crippen LogP contribution is -2.48. The van der Waals surface area contributed by atoms with Crippen LogP contribution in [0.15, 0.2) is 47.0 Å². The Kier molecular flexibility index (Phi) is 5.30. The number of piperazine rings is 1. The van der Waals surface area contributed by atoms with Gasteiger partial charge in [0.15, 0.2) is 5.58 Å². The number of carbonyl (C=O) groups excluding carboxylic acids is 1. The van der Waals surface area contributed by atoms with Crippen molar-refractivity contribution in [2.45, 2.75) is 26.8 Å². The Balaban J connectivity index is 1.22. The Labute approximate surface area is 185 Å². The minimum atomic E-state index is 0.0284. The van der Waals surface area contributed by atoms with Gasteiger partial charge in [0.05, 0.1) is 6.20 Å². The molecule has 1 aliphatic rings. The van der Waals surface area contributed by atoms with Gasteiger partial charge in [-0.15, -0.1) is 5.10 Å². The van der Waals surface area contributed by atoms with Crippen molar-refractivity contribution in [2.75, 3.05) is 31.1 Å². The van der Waals surface area contributed by atoms with Crippen LogP contribution in [0.4, 0.5) is 6.01 Å². The molecule has 0 N–H and O–H groups in total. The molecule has 164 valence electrons. The Morgan fingerprint density at radius 2 is 1.81 bits per heavy atom. The first-order chi connectivity index (χ1) is 15.6. The van der Waals surface area contributed by atoms with E-state index in [1.54, 1.807) is 0 Å². The molecule has 0 atom stereocenters. The first kappa shape index (κ1) is 20.2. The van der Waals surface area contributed by atoms with E-state index in [1.165, 1.54) is 0 Å². The third-order valence-corrected chi connectivity index (χ3v) is 5.64. The highest BCUT2D eigenvalue weighted by atomic mass is 16.4. The van der Waals surface area contributed by atoms with Crippen molar-refractivity contribution in [3.63, 3.8) is 0 Å². The summed E-state index contributed by atoms with van der Waals surface area (Å²) in [5.41, 5.74) is 4.64. The van der Waals surface area contributed by atoms with Gasteiger partial charge in [-0.3, -0.25) is 9.48 Å². The van der Waals surface area contributed by atoms with Crippen LogP contribution in [-0.4, -0.2) is 61.9 Å². The highest BCUT2D eigenvalue weighted by Gasteiger charge is 2.25. The van der Waals surface area contributed by atoms with E-state index in [9.17, 15) is 4.79 Å². The summed E-state index contributed by atoms with van der Waals surface area (Å²) in [6, 6.07) is 11.9. The molecule has 0 radical (unpaired) electrons. The number of aryl methyl sites for hydroxylation is 2. The molecule has 5 rings (SSSR count). The third kappa shape index (κ3) is 3.93. The van der Waals surface area contributed by atoms with Crippen LogP contribution in [0.5, 0.6) is 0 Å². The molecule has 1 aromatic carbocycles. The number of pyridine rings is 1. The smallest absolute Gasteiger partial charge is 0.300 e. The van der Waals surface area contributed by atoms with Gasteiger partial charge in [0, 0.05) is 49.5 Å². The van der Waals surface area contributed by atoms with Crippen LogP contribution in [0.1, 0.15) is 29.4 Å². The summed E-state index contributed by atoms with van der Waals surface area (Å²) in [5, 5.41) is 8.35. The van der Waals surface area contributed by atoms with E-state index in [1.807, 2.05) is 59.1 Å². The molecule has 0 bridgehead atoms. The third-order valence-electron chi connectivity index (χ3n) is 5.64. The van der Waals surface area contributed by atoms with E-state index in [0.29, 0.717) is 49.0 Å². The van der Waals surface area contributed by atoms with E-state index < -0.39 is 0 Å². The average molecular weight is 432 g/mol. The van der Waals surface area contributed by atoms with Crippen molar-refractivity contribution in [2.24, 2.45) is 0 Å². The molecule has 1 amide bonds. The van der Waals surface area contributed by atoms with Gasteiger partial charge in [0.25, 0.3) is 11.9 Å². The summed E-state index contributed by atoms with van der Waals surface area (Å²) in [7, 11) is 0. The molecular formula is C23H25N7O2. The van der Waals surface area contributed by atoms with E-state index in [4.69, 9.17) is 4.42 Å². The quantitative estimate of drug-likeness (QED) is 0.479. The fourth-order valence-corrected chi connectivity index (χ4v) is 3.87. The van der Waals surface area contributed by atoms with Crippen molar-refractivity contribution in [3.05, 3.63) is 53.9 Å². The summed E-state index contributed by atoms with van der Waals surface area (Å²) in [5.74, 6) is 0.0284. The fourth-order valence-electron chi connectivity index (χ4n) is 3.87. The maximum atomic E-state index is 13.0. The van der Waals surface area contributed by atoms with Crippen molar-refractivity contribution in [1.29, 1.82) is 0 Å². The van der Waals surface area contributed by atoms with Gasteiger partial charge in [0.2, 0.25) is 5.65 Å². The molecule has 9 heteroatoms. The Hall–Kier alpha value is -3.75. The second kappa shape index (κ2) is 8.41. The first-order valence-corrected chi connectivity index (χ1v) is 10.9. The topological polar surface area (TPSA) is 93.2 Å². The van der Waals surface area contributed by atoms with Crippen molar-refractivity contribution in [1.82, 2.24) is 29.9 Å². The summed E-state index contributed by atoms with van der Waals surface area (Å²) >= 11 is 0. The monoisotopic (exact) mass is 431 g/mol. The molecule has 4 aromatic rings. The van der Waals surface area contributed by atoms with Gasteiger partial charge in [-0.25, -0.2) is 4.98 Å². The van der Waals surface area contributed by atoms with Gasteiger partial charge in [-0.1, -0.05) is 24.3 Å². The van der Waals surface area contributed by atoms with Gasteiger partial charge in [0.1, 0.15) is 5.69 Å². The van der Waals surface area contributed by atoms with Crippen LogP contribution in [-0.2, 0) is 6.54 Å². The minimum Gasteiger partial charge on any atom is -0.422 e. The summed E-state index contributed by atoms with van der Waals surface area (Å²) in [6.45, 7) is 7.42. The summed E-state index contributed by atoms with van der Waals surface area (Å²) in [4.78, 5) is 25.8. The van der Waals surface area contributed by atoms with Crippen LogP contribution in [0.2, 0.25) is 0 Å². The second-order valence-corrected chi connectivity index (χ2v) is 7.99. The molecule has 0 spiro atoms. The lowest BCUT2D eigenvalue weighted by Gasteiger charge is -2.33. The van der Waals surface area contributed by atoms with Gasteiger partial charge < -0.3 is 14.2 Å². The zero-order valence-electron chi connectivity index (χ0n) is 18.2. The van der Waals surface area contributed by atoms with Crippen molar-refractivity contribution in [3.8, 4) is 11.3 Å². The highest BCUT2D eigenvalue weighted by molar-refractivity contribution is 5.94. The Bertz CT molecular complexity index is 1240. The molecule has 1 aliphatic heterocycles. The Morgan fingerprint density at radius 1 is 1.03 bits per heavy atom. The van der Waals surface area contributed by atoms with E-state index in [2.05, 4.69) is 32.1 Å². The van der Waals surface area contributed by atoms with Crippen molar-refractivity contribution >= 4 is 23.2 Å². The normalized spacial score (nSPS) is 14.3. The van der Waals surface area contributed by atoms with Gasteiger partial charge >= 0.3 is 0 Å². The number of hydrogen-bond donors (Lipinski definition) is 0. The summed E-state index contributed by atoms with van der Waals surface area (Å²) < 4.78 is 7.69. The number of aromatic nitrogens is 5. The van der Waals surface area contributed by atoms with Gasteiger partial charge in [-0.2, -0.15) is 4.98 Å². The average Bonchev–Trinajstić information content (AvgIpc) is 3.46. The number of fused-ring (bicyclic) bond motifs is 1. The number of benzene rings is 1. The maximum absolute atomic E-state index is 13.0. The lowest BCUT2D eigenvalue weighted by atomic mass is 10.1. The molecule has 4 heterocycles. The van der Waals surface area contributed by atoms with Crippen LogP contribution >= 0.6 is 0 Å². The van der Waals surface area contributed by atoms with Crippen LogP contribution < -0.4 is 4.90 Å². The number of hydrogen-bond acceptors (Lipinski definition) is 7. The molecule has 0 aliphatic carbocycles. The molecule has 32 heavy (non-hydrogen) atoms. The predicted octanol–water partition coefficient (Wildman–Crippen LogP) is 3.16. The molecule has 0 saturated carbocycles. The van der Waals surface area contributed by atoms with E-state index in [-0.39, 0.29) is 5.91 Å². The lowest BCUT2D eigenvalue weighted by molar-refractivity contribution is 0.0745. The number of anilines is 1. The SMILES string of the molecule is CCCn1cc(-c2ccc(C(=O)N3CCN(c4nc5nc(C)ccc5o4)CC3)cc2)nn1. The zero-order valence-corrected chi connectivity index (χ0v) is 18.2. The van der Waals surface area contributed by atoms with E-state index >= 15 is 0 Å². The number of rotatable bonds is 5. The number of nitrogens with zero attached hydrogens (tertiary/aromatic N) is 7. The maximum Gasteiger partial charge on any atom is 0.300 e. The summed E-state index contributed by atoms with van der Waals surface area (Å²) in [6.07, 6.45) is 2.94. The molecular weight excluding hydrogens is 406 g/mol. The molecule has 9 nitrogen and oxygen atoms in total. The van der Waals surface area contributed by atoms with Crippen LogP contribution in [0, 0.1) is 6.92 Å². The van der Waals surface area contributed by atoms with Gasteiger partial charge in [-0.05, 0) is 37.6 Å². The molecule has 1 fully saturated rings. The Morgan fingerprint density at radius 3 is 2.56 bits per heavy atom. The van der Waals surface area contributed by atoms with Crippen LogP contribution in [0.3, 0.4) is 0 Å². The van der Waals surface area contributed by atoms with Crippen LogP contribution in [0.25, 0.3) is 22.5 Å². The van der Waals surface area contributed by atoms with E-state index in [0.717, 1.165) is 29.9 Å². The predicted molar refractivity (Wildman–Crippen MR) is 120 cm³/mol. The largest absolute Gasteiger partial charge is 0.422 e. The molecule has 0 unspecified atom stereocenters. The fraction of sp³-hybridized carbons (Fsp3) is 0.348. The molecule has 3 aromatic heterocycles.